The number of methoxy groups -OCH3 is 1. The van der Waals surface area contributed by atoms with Gasteiger partial charge in [0.1, 0.15) is 23.4 Å². The van der Waals surface area contributed by atoms with E-state index in [4.69, 9.17) is 18.9 Å². The maximum absolute atomic E-state index is 12.9. The van der Waals surface area contributed by atoms with Gasteiger partial charge in [-0.25, -0.2) is 0 Å². The molecule has 5 rings (SSSR count). The first-order valence-electron chi connectivity index (χ1n) is 10.7. The number of phenolic OH excluding ortho intramolecular Hbond substituents is 3. The summed E-state index contributed by atoms with van der Waals surface area (Å²) in [7, 11) is 1.41. The third-order valence-corrected chi connectivity index (χ3v) is 6.00. The summed E-state index contributed by atoms with van der Waals surface area (Å²) in [6.45, 7) is -0.352. The first-order valence-corrected chi connectivity index (χ1v) is 10.7. The molecule has 0 radical (unpaired) electrons. The Morgan fingerprint density at radius 3 is 2.37 bits per heavy atom. The highest BCUT2D eigenvalue weighted by Crippen LogP contribution is 2.47. The van der Waals surface area contributed by atoms with E-state index in [0.717, 1.165) is 6.07 Å². The maximum atomic E-state index is 12.9. The van der Waals surface area contributed by atoms with Gasteiger partial charge in [0.2, 0.25) is 5.78 Å². The van der Waals surface area contributed by atoms with Crippen LogP contribution in [0.5, 0.6) is 40.2 Å². The number of benzene rings is 3. The number of carbonyl (C=O) groups is 1. The number of Topliss-reactive ketones (excluding diaryl/α,β-unsaturated/α-hetero) is 1. The fourth-order valence-corrected chi connectivity index (χ4v) is 4.27. The first-order chi connectivity index (χ1) is 16.8. The third kappa shape index (κ3) is 3.82. The molecule has 0 saturated heterocycles. The second-order valence-electron chi connectivity index (χ2n) is 8.19. The van der Waals surface area contributed by atoms with Crippen LogP contribution in [0.4, 0.5) is 0 Å². The van der Waals surface area contributed by atoms with Crippen molar-refractivity contribution in [2.45, 2.75) is 24.4 Å². The van der Waals surface area contributed by atoms with Crippen molar-refractivity contribution in [3.05, 3.63) is 65.2 Å². The van der Waals surface area contributed by atoms with Gasteiger partial charge in [0.05, 0.1) is 19.3 Å². The molecule has 0 aromatic heterocycles. The molecule has 0 bridgehead atoms. The SMILES string of the molecule is COc1cc([C@@H]2Oc3cc([C@H]4Oc5cc(O)cc(O)c5C(O)C4=O)ccc3O[C@H]2CO)ccc1O. The zero-order valence-electron chi connectivity index (χ0n) is 18.4. The predicted molar refractivity (Wildman–Crippen MR) is 119 cm³/mol. The minimum absolute atomic E-state index is 0.0242. The molecule has 10 heteroatoms. The fourth-order valence-electron chi connectivity index (χ4n) is 4.27. The van der Waals surface area contributed by atoms with Crippen LogP contribution < -0.4 is 18.9 Å². The summed E-state index contributed by atoms with van der Waals surface area (Å²) >= 11 is 0. The zero-order valence-corrected chi connectivity index (χ0v) is 18.4. The van der Waals surface area contributed by atoms with Gasteiger partial charge < -0.3 is 44.5 Å². The summed E-state index contributed by atoms with van der Waals surface area (Å²) in [4.78, 5) is 12.9. The summed E-state index contributed by atoms with van der Waals surface area (Å²) in [5, 5.41) is 50.1. The van der Waals surface area contributed by atoms with Gasteiger partial charge >= 0.3 is 0 Å². The lowest BCUT2D eigenvalue weighted by atomic mass is 9.92. The molecule has 35 heavy (non-hydrogen) atoms. The van der Waals surface area contributed by atoms with E-state index in [2.05, 4.69) is 0 Å². The molecule has 10 nitrogen and oxygen atoms in total. The normalized spacial score (nSPS) is 22.8. The largest absolute Gasteiger partial charge is 0.508 e. The van der Waals surface area contributed by atoms with Gasteiger partial charge in [-0.3, -0.25) is 4.79 Å². The molecule has 1 unspecified atom stereocenters. The van der Waals surface area contributed by atoms with E-state index in [1.165, 1.54) is 25.3 Å². The van der Waals surface area contributed by atoms with Gasteiger partial charge in [-0.1, -0.05) is 12.1 Å². The number of hydrogen-bond acceptors (Lipinski definition) is 10. The number of hydrogen-bond donors (Lipinski definition) is 5. The highest BCUT2D eigenvalue weighted by atomic mass is 16.6. The molecule has 2 aliphatic heterocycles. The number of carbonyl (C=O) groups excluding carboxylic acids is 1. The van der Waals surface area contributed by atoms with Crippen LogP contribution in [0.15, 0.2) is 48.5 Å². The standard InChI is InChI=1S/C25H22O10/c1-32-17-6-11(2-4-14(17)28)24-20(10-26)33-16-5-3-12(7-18(16)34-24)25-23(31)22(30)21-15(29)8-13(27)9-19(21)35-25/h2-9,20,22,24-30H,10H2,1H3/t20-,22?,24-,25+/m0/s1. The van der Waals surface area contributed by atoms with Gasteiger partial charge in [0.25, 0.3) is 0 Å². The molecule has 0 amide bonds. The number of aliphatic hydroxyl groups is 2. The molecule has 2 heterocycles. The van der Waals surface area contributed by atoms with Crippen LogP contribution >= 0.6 is 0 Å². The van der Waals surface area contributed by atoms with Crippen molar-refractivity contribution >= 4 is 5.78 Å². The number of ketones is 1. The van der Waals surface area contributed by atoms with E-state index in [1.807, 2.05) is 0 Å². The van der Waals surface area contributed by atoms with Crippen molar-refractivity contribution in [3.8, 4) is 40.2 Å². The molecule has 0 fully saturated rings. The van der Waals surface area contributed by atoms with Crippen LogP contribution in [0.1, 0.15) is 35.0 Å². The van der Waals surface area contributed by atoms with Crippen molar-refractivity contribution in [3.63, 3.8) is 0 Å². The number of aromatic hydroxyl groups is 3. The molecule has 4 atom stereocenters. The number of ether oxygens (including phenoxy) is 4. The molecule has 5 N–H and O–H groups in total. The van der Waals surface area contributed by atoms with Crippen molar-refractivity contribution in [1.82, 2.24) is 0 Å². The van der Waals surface area contributed by atoms with Gasteiger partial charge in [-0.05, 0) is 24.3 Å². The van der Waals surface area contributed by atoms with Crippen molar-refractivity contribution in [1.29, 1.82) is 0 Å². The Kier molecular flexibility index (Phi) is 5.54. The Morgan fingerprint density at radius 2 is 1.63 bits per heavy atom. The van der Waals surface area contributed by atoms with Crippen molar-refractivity contribution in [2.24, 2.45) is 0 Å². The summed E-state index contributed by atoms with van der Waals surface area (Å²) in [5.41, 5.74) is 0.804. The highest BCUT2D eigenvalue weighted by Gasteiger charge is 2.40. The smallest absolute Gasteiger partial charge is 0.211 e. The fraction of sp³-hybridized carbons (Fsp3) is 0.240. The lowest BCUT2D eigenvalue weighted by Gasteiger charge is -2.34. The molecule has 0 aliphatic carbocycles. The minimum Gasteiger partial charge on any atom is -0.508 e. The van der Waals surface area contributed by atoms with E-state index in [1.54, 1.807) is 24.3 Å². The predicted octanol–water partition coefficient (Wildman–Crippen LogP) is 2.42. The summed E-state index contributed by atoms with van der Waals surface area (Å²) in [5.74, 6) is -0.710. The van der Waals surface area contributed by atoms with Crippen LogP contribution in [0, 0.1) is 0 Å². The van der Waals surface area contributed by atoms with Crippen molar-refractivity contribution in [2.75, 3.05) is 13.7 Å². The van der Waals surface area contributed by atoms with E-state index in [9.17, 15) is 30.3 Å². The van der Waals surface area contributed by atoms with Crippen molar-refractivity contribution < 1.29 is 49.3 Å². The molecule has 2 aliphatic rings. The second kappa shape index (κ2) is 8.57. The van der Waals surface area contributed by atoms with Crippen LogP contribution in [0.25, 0.3) is 0 Å². The first kappa shape index (κ1) is 22.6. The monoisotopic (exact) mass is 482 g/mol. The quantitative estimate of drug-likeness (QED) is 0.374. The zero-order chi connectivity index (χ0) is 24.9. The van der Waals surface area contributed by atoms with Gasteiger partial charge in [-0.2, -0.15) is 0 Å². The molecular weight excluding hydrogens is 460 g/mol. The highest BCUT2D eigenvalue weighted by molar-refractivity contribution is 5.92. The van der Waals surface area contributed by atoms with Crippen LogP contribution in [-0.2, 0) is 4.79 Å². The van der Waals surface area contributed by atoms with Gasteiger partial charge in [0.15, 0.2) is 41.3 Å². The summed E-state index contributed by atoms with van der Waals surface area (Å²) in [6.07, 6.45) is -4.42. The molecule has 3 aromatic carbocycles. The Hall–Kier alpha value is -4.15. The Bertz CT molecular complexity index is 1300. The number of fused-ring (bicyclic) bond motifs is 2. The lowest BCUT2D eigenvalue weighted by molar-refractivity contribution is -0.137. The Morgan fingerprint density at radius 1 is 0.857 bits per heavy atom. The van der Waals surface area contributed by atoms with E-state index < -0.39 is 35.9 Å². The number of phenols is 3. The number of rotatable bonds is 4. The minimum atomic E-state index is -1.66. The molecule has 0 saturated carbocycles. The van der Waals surface area contributed by atoms with E-state index in [-0.39, 0.29) is 40.9 Å². The second-order valence-corrected chi connectivity index (χ2v) is 8.19. The average Bonchev–Trinajstić information content (AvgIpc) is 2.85. The summed E-state index contributed by atoms with van der Waals surface area (Å²) in [6, 6.07) is 11.5. The summed E-state index contributed by atoms with van der Waals surface area (Å²) < 4.78 is 22.9. The van der Waals surface area contributed by atoms with Crippen LogP contribution in [0.2, 0.25) is 0 Å². The third-order valence-electron chi connectivity index (χ3n) is 6.00. The van der Waals surface area contributed by atoms with E-state index in [0.29, 0.717) is 16.9 Å². The Balaban J connectivity index is 1.49. The van der Waals surface area contributed by atoms with E-state index >= 15 is 0 Å². The average molecular weight is 482 g/mol. The van der Waals surface area contributed by atoms with Crippen LogP contribution in [-0.4, -0.2) is 51.1 Å². The van der Waals surface area contributed by atoms with Crippen LogP contribution in [0.3, 0.4) is 0 Å². The van der Waals surface area contributed by atoms with Gasteiger partial charge in [-0.15, -0.1) is 0 Å². The number of aliphatic hydroxyl groups excluding tert-OH is 2. The maximum Gasteiger partial charge on any atom is 0.211 e. The molecule has 0 spiro atoms. The molecule has 3 aromatic rings. The molecule has 182 valence electrons. The Labute approximate surface area is 199 Å². The molecular formula is C25H22O10. The lowest BCUT2D eigenvalue weighted by Crippen LogP contribution is -2.36. The van der Waals surface area contributed by atoms with Gasteiger partial charge in [0, 0.05) is 23.3 Å². The topological polar surface area (TPSA) is 155 Å².